The molecule has 0 radical (unpaired) electrons. The van der Waals surface area contributed by atoms with Gasteiger partial charge in [0, 0.05) is 5.75 Å². The third kappa shape index (κ3) is 6.80. The molecule has 0 saturated heterocycles. The fraction of sp³-hybridized carbons (Fsp3) is 0.429. The van der Waals surface area contributed by atoms with Crippen molar-refractivity contribution >= 4 is 41.4 Å². The summed E-state index contributed by atoms with van der Waals surface area (Å²) in [7, 11) is 0. The summed E-state index contributed by atoms with van der Waals surface area (Å²) in [6.07, 6.45) is 2.60. The van der Waals surface area contributed by atoms with E-state index in [-0.39, 0.29) is 11.1 Å². The normalized spacial score (nSPS) is 14.2. The summed E-state index contributed by atoms with van der Waals surface area (Å²) in [4.78, 5) is 0. The van der Waals surface area contributed by atoms with Crippen LogP contribution in [0.1, 0.15) is 6.92 Å². The standard InChI is InChI=1S/C7H11Cl2O3PS/c1-3-5-14-13(10,11-4-2)12-6-7(8)9/h3,6H,1,4-5H2,2H3. The van der Waals surface area contributed by atoms with Gasteiger partial charge in [0.1, 0.15) is 10.8 Å². The number of halogens is 2. The molecule has 0 spiro atoms. The molecule has 0 aliphatic heterocycles. The Labute approximate surface area is 97.7 Å². The second kappa shape index (κ2) is 7.66. The summed E-state index contributed by atoms with van der Waals surface area (Å²) in [5.41, 5.74) is 0. The van der Waals surface area contributed by atoms with Crippen molar-refractivity contribution in [2.75, 3.05) is 12.4 Å². The fourth-order valence-corrected chi connectivity index (χ4v) is 3.47. The van der Waals surface area contributed by atoms with Crippen molar-refractivity contribution < 1.29 is 13.6 Å². The largest absolute Gasteiger partial charge is 0.439 e. The first-order valence-electron chi connectivity index (χ1n) is 3.73. The van der Waals surface area contributed by atoms with Gasteiger partial charge < -0.3 is 4.52 Å². The van der Waals surface area contributed by atoms with E-state index in [0.29, 0.717) is 5.75 Å². The molecule has 0 aliphatic carbocycles. The maximum Gasteiger partial charge on any atom is 0.439 e. The first-order chi connectivity index (χ1) is 6.54. The molecular formula is C7H11Cl2O3PS. The van der Waals surface area contributed by atoms with Crippen LogP contribution in [0.4, 0.5) is 0 Å². The highest BCUT2D eigenvalue weighted by Gasteiger charge is 2.24. The first kappa shape index (κ1) is 14.4. The molecule has 14 heavy (non-hydrogen) atoms. The van der Waals surface area contributed by atoms with Crippen LogP contribution in [0.2, 0.25) is 0 Å². The molecular weight excluding hydrogens is 266 g/mol. The number of hydrogen-bond acceptors (Lipinski definition) is 4. The molecule has 0 bridgehead atoms. The molecule has 0 heterocycles. The molecule has 3 nitrogen and oxygen atoms in total. The van der Waals surface area contributed by atoms with Gasteiger partial charge in [-0.05, 0) is 18.3 Å². The van der Waals surface area contributed by atoms with Gasteiger partial charge >= 0.3 is 6.80 Å². The van der Waals surface area contributed by atoms with E-state index in [1.165, 1.54) is 0 Å². The van der Waals surface area contributed by atoms with Crippen LogP contribution in [-0.2, 0) is 13.6 Å². The summed E-state index contributed by atoms with van der Waals surface area (Å²) in [5.74, 6) is 0.463. The Hall–Kier alpha value is 0.400. The van der Waals surface area contributed by atoms with Crippen molar-refractivity contribution in [3.8, 4) is 0 Å². The Morgan fingerprint density at radius 1 is 1.64 bits per heavy atom. The second-order valence-electron chi connectivity index (χ2n) is 1.96. The van der Waals surface area contributed by atoms with Gasteiger partial charge in [0.2, 0.25) is 0 Å². The van der Waals surface area contributed by atoms with Crippen molar-refractivity contribution in [3.63, 3.8) is 0 Å². The first-order valence-corrected chi connectivity index (χ1v) is 7.62. The zero-order chi connectivity index (χ0) is 11.0. The summed E-state index contributed by atoms with van der Waals surface area (Å²) in [6.45, 7) is 2.31. The Morgan fingerprint density at radius 2 is 2.29 bits per heavy atom. The van der Waals surface area contributed by atoms with E-state index >= 15 is 0 Å². The van der Waals surface area contributed by atoms with Gasteiger partial charge in [-0.25, -0.2) is 4.57 Å². The van der Waals surface area contributed by atoms with Crippen molar-refractivity contribution in [1.82, 2.24) is 0 Å². The summed E-state index contributed by atoms with van der Waals surface area (Å²) in [5, 5.41) is 0. The van der Waals surface area contributed by atoms with Gasteiger partial charge in [0.25, 0.3) is 0 Å². The summed E-state index contributed by atoms with van der Waals surface area (Å²) in [6, 6.07) is 0. The van der Waals surface area contributed by atoms with Crippen LogP contribution in [0.25, 0.3) is 0 Å². The van der Waals surface area contributed by atoms with Gasteiger partial charge in [-0.3, -0.25) is 4.52 Å². The van der Waals surface area contributed by atoms with E-state index in [1.807, 2.05) is 0 Å². The van der Waals surface area contributed by atoms with E-state index in [4.69, 9.17) is 32.2 Å². The fourth-order valence-electron chi connectivity index (χ4n) is 0.505. The van der Waals surface area contributed by atoms with Crippen molar-refractivity contribution in [2.45, 2.75) is 6.92 Å². The minimum absolute atomic E-state index is 0.107. The van der Waals surface area contributed by atoms with Gasteiger partial charge in [-0.15, -0.1) is 6.58 Å². The molecule has 7 heteroatoms. The molecule has 0 fully saturated rings. The summed E-state index contributed by atoms with van der Waals surface area (Å²) < 4.78 is 21.5. The predicted octanol–water partition coefficient (Wildman–Crippen LogP) is 4.34. The van der Waals surface area contributed by atoms with Gasteiger partial charge in [0.05, 0.1) is 6.61 Å². The average molecular weight is 277 g/mol. The molecule has 1 atom stereocenters. The molecule has 1 unspecified atom stereocenters. The minimum Gasteiger partial charge on any atom is -0.422 e. The smallest absolute Gasteiger partial charge is 0.422 e. The van der Waals surface area contributed by atoms with Crippen molar-refractivity contribution in [2.24, 2.45) is 0 Å². The molecule has 0 rings (SSSR count). The number of rotatable bonds is 7. The molecule has 0 saturated carbocycles. The maximum atomic E-state index is 11.8. The number of hydrogen-bond donors (Lipinski definition) is 0. The third-order valence-electron chi connectivity index (χ3n) is 0.909. The van der Waals surface area contributed by atoms with Crippen LogP contribution in [0, 0.1) is 0 Å². The van der Waals surface area contributed by atoms with E-state index in [0.717, 1.165) is 17.6 Å². The Balaban J connectivity index is 4.30. The lowest BCUT2D eigenvalue weighted by atomic mass is 10.8. The second-order valence-corrected chi connectivity index (χ2v) is 7.04. The van der Waals surface area contributed by atoms with Crippen LogP contribution >= 0.6 is 41.4 Å². The molecule has 0 amide bonds. The quantitative estimate of drug-likeness (QED) is 0.394. The lowest BCUT2D eigenvalue weighted by Crippen LogP contribution is -1.88. The predicted molar refractivity (Wildman–Crippen MR) is 62.8 cm³/mol. The Morgan fingerprint density at radius 3 is 2.71 bits per heavy atom. The van der Waals surface area contributed by atoms with Crippen LogP contribution in [0.15, 0.2) is 23.4 Å². The minimum atomic E-state index is -3.19. The van der Waals surface area contributed by atoms with Crippen LogP contribution in [0.5, 0.6) is 0 Å². The average Bonchev–Trinajstić information content (AvgIpc) is 2.13. The molecule has 0 N–H and O–H groups in total. The van der Waals surface area contributed by atoms with Crippen LogP contribution in [-0.4, -0.2) is 12.4 Å². The highest BCUT2D eigenvalue weighted by Crippen LogP contribution is 2.60. The van der Waals surface area contributed by atoms with Gasteiger partial charge in [0.15, 0.2) is 0 Å². The third-order valence-corrected chi connectivity index (χ3v) is 4.70. The molecule has 0 aromatic rings. The van der Waals surface area contributed by atoms with Crippen molar-refractivity contribution in [1.29, 1.82) is 0 Å². The Bertz CT molecular complexity index is 253. The lowest BCUT2D eigenvalue weighted by Gasteiger charge is -2.13. The monoisotopic (exact) mass is 276 g/mol. The van der Waals surface area contributed by atoms with Crippen LogP contribution < -0.4 is 0 Å². The summed E-state index contributed by atoms with van der Waals surface area (Å²) >= 11 is 11.6. The van der Waals surface area contributed by atoms with Gasteiger partial charge in [-0.1, -0.05) is 29.3 Å². The molecule has 0 aromatic heterocycles. The zero-order valence-corrected chi connectivity index (χ0v) is 10.8. The molecule has 82 valence electrons. The van der Waals surface area contributed by atoms with E-state index < -0.39 is 6.80 Å². The Kier molecular flexibility index (Phi) is 7.88. The highest BCUT2D eigenvalue weighted by atomic mass is 35.5. The zero-order valence-electron chi connectivity index (χ0n) is 7.61. The van der Waals surface area contributed by atoms with E-state index in [9.17, 15) is 4.57 Å². The van der Waals surface area contributed by atoms with Crippen molar-refractivity contribution in [3.05, 3.63) is 23.4 Å². The van der Waals surface area contributed by atoms with E-state index in [1.54, 1.807) is 13.0 Å². The maximum absolute atomic E-state index is 11.8. The highest BCUT2D eigenvalue weighted by molar-refractivity contribution is 8.55. The molecule has 0 aliphatic rings. The molecule has 0 aromatic carbocycles. The van der Waals surface area contributed by atoms with Crippen LogP contribution in [0.3, 0.4) is 0 Å². The SMILES string of the molecule is C=CCSP(=O)(OC=C(Cl)Cl)OCC. The van der Waals surface area contributed by atoms with Gasteiger partial charge in [-0.2, -0.15) is 0 Å². The lowest BCUT2D eigenvalue weighted by molar-refractivity contribution is 0.279. The van der Waals surface area contributed by atoms with E-state index in [2.05, 4.69) is 6.58 Å². The topological polar surface area (TPSA) is 35.5 Å².